The van der Waals surface area contributed by atoms with Gasteiger partial charge in [-0.1, -0.05) is 0 Å². The van der Waals surface area contributed by atoms with Crippen molar-refractivity contribution in [2.24, 2.45) is 0 Å². The Morgan fingerprint density at radius 3 is 2.77 bits per heavy atom. The van der Waals surface area contributed by atoms with Gasteiger partial charge in [-0.25, -0.2) is 0 Å². The van der Waals surface area contributed by atoms with E-state index >= 15 is 0 Å². The molecule has 0 fully saturated rings. The highest BCUT2D eigenvalue weighted by Crippen LogP contribution is 2.07. The molecule has 1 N–H and O–H groups in total. The van der Waals surface area contributed by atoms with Crippen molar-refractivity contribution in [1.29, 1.82) is 0 Å². The van der Waals surface area contributed by atoms with Gasteiger partial charge in [0.05, 0.1) is 6.26 Å². The number of hydrogen-bond acceptors (Lipinski definition) is 3. The lowest BCUT2D eigenvalue weighted by molar-refractivity contribution is -0.128. The first-order valence-corrected chi connectivity index (χ1v) is 3.98. The highest BCUT2D eigenvalue weighted by atomic mass is 16.3. The fraction of sp³-hybridized carbons (Fsp3) is 0.300. The number of carbonyl (C=O) groups is 1. The van der Waals surface area contributed by atoms with Gasteiger partial charge in [0.25, 0.3) is 0 Å². The van der Waals surface area contributed by atoms with Crippen LogP contribution in [-0.2, 0) is 4.79 Å². The fourth-order valence-corrected chi connectivity index (χ4v) is 0.748. The number of hydrogen-bond donors (Lipinski definition) is 1. The molecule has 0 amide bonds. The second-order valence-corrected chi connectivity index (χ2v) is 3.27. The minimum atomic E-state index is -1.32. The lowest BCUT2D eigenvalue weighted by atomic mass is 10.0. The molecular weight excluding hydrogens is 168 g/mol. The van der Waals surface area contributed by atoms with E-state index < -0.39 is 5.60 Å². The lowest BCUT2D eigenvalue weighted by Crippen LogP contribution is -2.29. The van der Waals surface area contributed by atoms with Crippen LogP contribution in [0.1, 0.15) is 19.6 Å². The summed E-state index contributed by atoms with van der Waals surface area (Å²) in [5.74, 6) is 0.251. The lowest BCUT2D eigenvalue weighted by Gasteiger charge is -2.11. The molecule has 1 rings (SSSR count). The summed E-state index contributed by atoms with van der Waals surface area (Å²) in [7, 11) is 0. The molecule has 0 saturated heterocycles. The van der Waals surface area contributed by atoms with E-state index in [1.54, 1.807) is 12.1 Å². The highest BCUT2D eigenvalue weighted by molar-refractivity contribution is 5.98. The molecule has 1 heterocycles. The maximum absolute atomic E-state index is 11.2. The molecule has 0 aliphatic heterocycles. The molecule has 70 valence electrons. The normalized spacial score (nSPS) is 12.2. The Kier molecular flexibility index (Phi) is 2.68. The summed E-state index contributed by atoms with van der Waals surface area (Å²) in [4.78, 5) is 11.2. The molecule has 0 saturated carbocycles. The maximum atomic E-state index is 11.2. The van der Waals surface area contributed by atoms with Gasteiger partial charge >= 0.3 is 0 Å². The Labute approximate surface area is 76.7 Å². The molecule has 1 aromatic heterocycles. The van der Waals surface area contributed by atoms with E-state index in [0.29, 0.717) is 5.76 Å². The van der Waals surface area contributed by atoms with Crippen molar-refractivity contribution < 1.29 is 14.3 Å². The Bertz CT molecular complexity index is 301. The van der Waals surface area contributed by atoms with E-state index in [2.05, 4.69) is 0 Å². The average molecular weight is 180 g/mol. The van der Waals surface area contributed by atoms with Crippen LogP contribution >= 0.6 is 0 Å². The number of aliphatic hydroxyl groups is 1. The van der Waals surface area contributed by atoms with Crippen molar-refractivity contribution in [2.45, 2.75) is 19.4 Å². The number of carbonyl (C=O) groups excluding carboxylic acids is 1. The predicted octanol–water partition coefficient (Wildman–Crippen LogP) is 1.63. The van der Waals surface area contributed by atoms with E-state index in [4.69, 9.17) is 4.42 Å². The minimum absolute atomic E-state index is 0.344. The summed E-state index contributed by atoms with van der Waals surface area (Å²) in [5, 5.41) is 9.28. The predicted molar refractivity (Wildman–Crippen MR) is 49.0 cm³/mol. The van der Waals surface area contributed by atoms with Gasteiger partial charge < -0.3 is 9.52 Å². The zero-order chi connectivity index (χ0) is 9.90. The smallest absolute Gasteiger partial charge is 0.186 e. The van der Waals surface area contributed by atoms with Gasteiger partial charge in [0.15, 0.2) is 5.78 Å². The minimum Gasteiger partial charge on any atom is -0.465 e. The maximum Gasteiger partial charge on any atom is 0.186 e. The van der Waals surface area contributed by atoms with Crippen molar-refractivity contribution in [2.75, 3.05) is 0 Å². The van der Waals surface area contributed by atoms with Crippen LogP contribution in [0.3, 0.4) is 0 Å². The zero-order valence-corrected chi connectivity index (χ0v) is 7.65. The molecule has 0 atom stereocenters. The number of ketones is 1. The standard InChI is InChI=1S/C10H12O3/c1-10(2,12)9(11)6-5-8-4-3-7-13-8/h3-7,12H,1-2H3. The van der Waals surface area contributed by atoms with Gasteiger partial charge in [0.2, 0.25) is 0 Å². The third-order valence-corrected chi connectivity index (χ3v) is 1.55. The van der Waals surface area contributed by atoms with Crippen LogP contribution in [0.15, 0.2) is 28.9 Å². The van der Waals surface area contributed by atoms with Crippen LogP contribution in [0.5, 0.6) is 0 Å². The molecule has 13 heavy (non-hydrogen) atoms. The van der Waals surface area contributed by atoms with Gasteiger partial charge in [-0.2, -0.15) is 0 Å². The first kappa shape index (κ1) is 9.74. The monoisotopic (exact) mass is 180 g/mol. The van der Waals surface area contributed by atoms with Crippen LogP contribution in [-0.4, -0.2) is 16.5 Å². The van der Waals surface area contributed by atoms with Crippen molar-refractivity contribution >= 4 is 11.9 Å². The van der Waals surface area contributed by atoms with Crippen LogP contribution < -0.4 is 0 Å². The van der Waals surface area contributed by atoms with Crippen LogP contribution in [0.25, 0.3) is 6.08 Å². The van der Waals surface area contributed by atoms with E-state index in [1.807, 2.05) is 0 Å². The molecular formula is C10H12O3. The first-order chi connectivity index (χ1) is 6.00. The highest BCUT2D eigenvalue weighted by Gasteiger charge is 2.20. The van der Waals surface area contributed by atoms with Crippen molar-refractivity contribution in [1.82, 2.24) is 0 Å². The average Bonchev–Trinajstić information content (AvgIpc) is 2.50. The van der Waals surface area contributed by atoms with E-state index in [1.165, 1.54) is 32.3 Å². The van der Waals surface area contributed by atoms with Crippen molar-refractivity contribution in [3.05, 3.63) is 30.2 Å². The van der Waals surface area contributed by atoms with Gasteiger partial charge in [-0.15, -0.1) is 0 Å². The van der Waals surface area contributed by atoms with Gasteiger partial charge in [0.1, 0.15) is 11.4 Å². The van der Waals surface area contributed by atoms with E-state index in [-0.39, 0.29) is 5.78 Å². The van der Waals surface area contributed by atoms with Crippen LogP contribution in [0.4, 0.5) is 0 Å². The zero-order valence-electron chi connectivity index (χ0n) is 7.65. The first-order valence-electron chi connectivity index (χ1n) is 3.98. The Morgan fingerprint density at radius 2 is 2.31 bits per heavy atom. The third-order valence-electron chi connectivity index (χ3n) is 1.55. The second kappa shape index (κ2) is 3.58. The molecule has 0 spiro atoms. The Morgan fingerprint density at radius 1 is 1.62 bits per heavy atom. The Hall–Kier alpha value is -1.35. The second-order valence-electron chi connectivity index (χ2n) is 3.27. The summed E-state index contributed by atoms with van der Waals surface area (Å²) in [6.45, 7) is 2.89. The topological polar surface area (TPSA) is 50.4 Å². The van der Waals surface area contributed by atoms with Crippen molar-refractivity contribution in [3.63, 3.8) is 0 Å². The molecule has 0 radical (unpaired) electrons. The summed E-state index contributed by atoms with van der Waals surface area (Å²) < 4.78 is 4.98. The molecule has 0 aliphatic carbocycles. The molecule has 3 nitrogen and oxygen atoms in total. The molecule has 0 aliphatic rings. The quantitative estimate of drug-likeness (QED) is 0.719. The van der Waals surface area contributed by atoms with Gasteiger partial charge in [0, 0.05) is 0 Å². The summed E-state index contributed by atoms with van der Waals surface area (Å²) in [5.41, 5.74) is -1.32. The van der Waals surface area contributed by atoms with Gasteiger partial charge in [-0.3, -0.25) is 4.79 Å². The largest absolute Gasteiger partial charge is 0.465 e. The van der Waals surface area contributed by atoms with Crippen LogP contribution in [0, 0.1) is 0 Å². The molecule has 0 aromatic carbocycles. The third kappa shape index (κ3) is 2.87. The summed E-state index contributed by atoms with van der Waals surface area (Å²) in [6, 6.07) is 3.46. The van der Waals surface area contributed by atoms with Crippen molar-refractivity contribution in [3.8, 4) is 0 Å². The molecule has 1 aromatic rings. The van der Waals surface area contributed by atoms with Gasteiger partial charge in [-0.05, 0) is 38.1 Å². The molecule has 3 heteroatoms. The van der Waals surface area contributed by atoms with E-state index in [0.717, 1.165) is 0 Å². The number of rotatable bonds is 3. The number of furan rings is 1. The SMILES string of the molecule is CC(C)(O)C(=O)C=Cc1ccco1. The summed E-state index contributed by atoms with van der Waals surface area (Å²) in [6.07, 6.45) is 4.35. The Balaban J connectivity index is 2.65. The molecule has 0 unspecified atom stereocenters. The van der Waals surface area contributed by atoms with Crippen LogP contribution in [0.2, 0.25) is 0 Å². The fourth-order valence-electron chi connectivity index (χ4n) is 0.748. The van der Waals surface area contributed by atoms with E-state index in [9.17, 15) is 9.90 Å². The summed E-state index contributed by atoms with van der Waals surface area (Å²) >= 11 is 0. The molecule has 0 bridgehead atoms.